The van der Waals surface area contributed by atoms with Crippen LogP contribution in [0.2, 0.25) is 0 Å². The first-order chi connectivity index (χ1) is 14.5. The van der Waals surface area contributed by atoms with Crippen LogP contribution in [0.1, 0.15) is 34.6 Å². The van der Waals surface area contributed by atoms with Crippen LogP contribution in [0, 0.1) is 6.92 Å². The van der Waals surface area contributed by atoms with Crippen molar-refractivity contribution in [3.8, 4) is 17.2 Å². The Morgan fingerprint density at radius 1 is 1.17 bits per heavy atom. The third-order valence-electron chi connectivity index (χ3n) is 4.34. The summed E-state index contributed by atoms with van der Waals surface area (Å²) in [4.78, 5) is 20.9. The summed E-state index contributed by atoms with van der Waals surface area (Å²) in [6.45, 7) is -0.679. The minimum absolute atomic E-state index is 0.0295. The quantitative estimate of drug-likeness (QED) is 0.328. The summed E-state index contributed by atoms with van der Waals surface area (Å²) in [5, 5.41) is 0. The van der Waals surface area contributed by atoms with Crippen LogP contribution in [0.4, 0.5) is 8.78 Å². The second-order valence-electron chi connectivity index (χ2n) is 6.59. The second-order valence-corrected chi connectivity index (χ2v) is 6.59. The number of Topliss-reactive ketones (excluding diaryl/α,β-unsaturated/α-hetero) is 1. The predicted octanol–water partition coefficient (Wildman–Crippen LogP) is 4.87. The highest BCUT2D eigenvalue weighted by molar-refractivity contribution is 5.95. The highest BCUT2D eigenvalue weighted by Crippen LogP contribution is 2.22. The Labute approximate surface area is 172 Å². The Bertz CT molecular complexity index is 958. The Morgan fingerprint density at radius 2 is 1.97 bits per heavy atom. The number of oxazole rings is 1. The number of hydrogen-bond donors (Lipinski definition) is 0. The molecule has 0 atom stereocenters. The molecule has 1 aromatic carbocycles. The van der Waals surface area contributed by atoms with E-state index >= 15 is 0 Å². The van der Waals surface area contributed by atoms with Crippen molar-refractivity contribution in [2.75, 3.05) is 13.2 Å². The van der Waals surface area contributed by atoms with Crippen LogP contribution in [0.25, 0.3) is 11.5 Å². The fraction of sp³-hybridized carbons (Fsp3) is 0.318. The highest BCUT2D eigenvalue weighted by atomic mass is 19.3. The number of aromatic nitrogens is 2. The van der Waals surface area contributed by atoms with Gasteiger partial charge in [-0.2, -0.15) is 8.78 Å². The van der Waals surface area contributed by atoms with Gasteiger partial charge in [0.1, 0.15) is 17.7 Å². The van der Waals surface area contributed by atoms with Crippen molar-refractivity contribution in [2.45, 2.75) is 32.8 Å². The number of ether oxygens (including phenoxy) is 2. The molecule has 0 fully saturated rings. The van der Waals surface area contributed by atoms with Crippen molar-refractivity contribution < 1.29 is 27.5 Å². The molecule has 8 heteroatoms. The zero-order valence-electron chi connectivity index (χ0n) is 16.5. The van der Waals surface area contributed by atoms with Crippen molar-refractivity contribution >= 4 is 5.78 Å². The molecule has 3 rings (SSSR count). The summed E-state index contributed by atoms with van der Waals surface area (Å²) in [7, 11) is 0. The Balaban J connectivity index is 1.49. The molecule has 0 spiro atoms. The van der Waals surface area contributed by atoms with E-state index in [0.29, 0.717) is 42.3 Å². The molecule has 158 valence electrons. The zero-order chi connectivity index (χ0) is 21.3. The number of ketones is 1. The number of rotatable bonds is 11. The number of carbonyl (C=O) groups excluding carboxylic acids is 1. The summed E-state index contributed by atoms with van der Waals surface area (Å²) >= 11 is 0. The highest BCUT2D eigenvalue weighted by Gasteiger charge is 2.13. The molecule has 3 aromatic rings. The first kappa shape index (κ1) is 21.6. The molecule has 0 amide bonds. The summed E-state index contributed by atoms with van der Waals surface area (Å²) in [6.07, 6.45) is 4.28. The maximum absolute atomic E-state index is 12.3. The molecule has 30 heavy (non-hydrogen) atoms. The van der Waals surface area contributed by atoms with E-state index in [1.165, 1.54) is 0 Å². The third-order valence-corrected chi connectivity index (χ3v) is 4.34. The van der Waals surface area contributed by atoms with Gasteiger partial charge in [0.05, 0.1) is 18.9 Å². The molecule has 2 aromatic heterocycles. The van der Waals surface area contributed by atoms with Crippen LogP contribution in [0.5, 0.6) is 5.75 Å². The van der Waals surface area contributed by atoms with Gasteiger partial charge in [-0.3, -0.25) is 9.78 Å². The fourth-order valence-electron chi connectivity index (χ4n) is 2.81. The summed E-state index contributed by atoms with van der Waals surface area (Å²) in [6, 6.07) is 10.8. The van der Waals surface area contributed by atoms with E-state index in [-0.39, 0.29) is 19.0 Å². The summed E-state index contributed by atoms with van der Waals surface area (Å²) in [5.41, 5.74) is 2.79. The first-order valence-corrected chi connectivity index (χ1v) is 9.55. The smallest absolute Gasteiger partial charge is 0.345 e. The number of benzene rings is 1. The maximum Gasteiger partial charge on any atom is 0.345 e. The van der Waals surface area contributed by atoms with E-state index in [4.69, 9.17) is 9.15 Å². The van der Waals surface area contributed by atoms with Crippen molar-refractivity contribution in [2.24, 2.45) is 0 Å². The molecular weight excluding hydrogens is 394 g/mol. The number of pyridine rings is 1. The van der Waals surface area contributed by atoms with Gasteiger partial charge in [0.15, 0.2) is 5.78 Å². The van der Waals surface area contributed by atoms with E-state index < -0.39 is 6.61 Å². The lowest BCUT2D eigenvalue weighted by Gasteiger charge is -2.06. The summed E-state index contributed by atoms with van der Waals surface area (Å²) < 4.78 is 38.9. The predicted molar refractivity (Wildman–Crippen MR) is 106 cm³/mol. The normalized spacial score (nSPS) is 11.1. The number of aryl methyl sites for hydroxylation is 2. The second kappa shape index (κ2) is 10.6. The van der Waals surface area contributed by atoms with Gasteiger partial charge >= 0.3 is 6.61 Å². The molecule has 0 bridgehead atoms. The largest absolute Gasteiger partial charge is 0.494 e. The van der Waals surface area contributed by atoms with Gasteiger partial charge < -0.3 is 13.9 Å². The van der Waals surface area contributed by atoms with Crippen molar-refractivity contribution in [3.63, 3.8) is 0 Å². The average molecular weight is 416 g/mol. The lowest BCUT2D eigenvalue weighted by molar-refractivity contribution is -0.130. The number of hydrogen-bond acceptors (Lipinski definition) is 6. The van der Waals surface area contributed by atoms with Crippen molar-refractivity contribution in [1.29, 1.82) is 0 Å². The van der Waals surface area contributed by atoms with Gasteiger partial charge in [-0.25, -0.2) is 4.98 Å². The standard InChI is InChI=1S/C22H22F2N2O4/c1-15-4-2-11-25-20(15)19(27)10-7-17-14-30-21(26-17)16-5-8-18(9-6-16)28-12-3-13-29-22(23)24/h2,4-6,8-9,11,14,22H,3,7,10,12-13H2,1H3. The SMILES string of the molecule is Cc1cccnc1C(=O)CCc1coc(-c2ccc(OCCCOC(F)F)cc2)n1. The van der Waals surface area contributed by atoms with E-state index in [1.807, 2.05) is 13.0 Å². The van der Waals surface area contributed by atoms with Crippen molar-refractivity contribution in [3.05, 3.63) is 65.8 Å². The number of carbonyl (C=O) groups is 1. The van der Waals surface area contributed by atoms with Crippen LogP contribution < -0.4 is 4.74 Å². The van der Waals surface area contributed by atoms with Gasteiger partial charge in [0, 0.05) is 31.0 Å². The topological polar surface area (TPSA) is 74.5 Å². The zero-order valence-corrected chi connectivity index (χ0v) is 16.5. The Morgan fingerprint density at radius 3 is 2.70 bits per heavy atom. The fourth-order valence-corrected chi connectivity index (χ4v) is 2.81. The molecule has 0 unspecified atom stereocenters. The van der Waals surface area contributed by atoms with E-state index in [0.717, 1.165) is 11.1 Å². The lowest BCUT2D eigenvalue weighted by atomic mass is 10.1. The Kier molecular flexibility index (Phi) is 7.62. The Hall–Kier alpha value is -3.13. The third kappa shape index (κ3) is 6.18. The van der Waals surface area contributed by atoms with Crippen molar-refractivity contribution in [1.82, 2.24) is 9.97 Å². The number of halogens is 2. The minimum Gasteiger partial charge on any atom is -0.494 e. The van der Waals surface area contributed by atoms with Gasteiger partial charge in [0.2, 0.25) is 5.89 Å². The minimum atomic E-state index is -2.76. The van der Waals surface area contributed by atoms with E-state index in [1.54, 1.807) is 42.8 Å². The molecule has 0 aliphatic carbocycles. The van der Waals surface area contributed by atoms with Gasteiger partial charge in [-0.15, -0.1) is 0 Å². The molecule has 0 radical (unpaired) electrons. The van der Waals surface area contributed by atoms with Gasteiger partial charge in [-0.05, 0) is 42.8 Å². The molecule has 0 aliphatic heterocycles. The van der Waals surface area contributed by atoms with Crippen LogP contribution in [0.3, 0.4) is 0 Å². The van der Waals surface area contributed by atoms with Crippen LogP contribution in [0.15, 0.2) is 53.3 Å². The average Bonchev–Trinajstić information content (AvgIpc) is 3.21. The maximum atomic E-state index is 12.3. The van der Waals surface area contributed by atoms with E-state index in [9.17, 15) is 13.6 Å². The number of alkyl halides is 2. The molecule has 6 nitrogen and oxygen atoms in total. The molecule has 0 saturated heterocycles. The van der Waals surface area contributed by atoms with E-state index in [2.05, 4.69) is 14.7 Å². The molecule has 0 N–H and O–H groups in total. The summed E-state index contributed by atoms with van der Waals surface area (Å²) in [5.74, 6) is 1.03. The molecule has 0 aliphatic rings. The monoisotopic (exact) mass is 416 g/mol. The molecule has 0 saturated carbocycles. The van der Waals surface area contributed by atoms with Crippen LogP contribution in [-0.2, 0) is 11.2 Å². The molecular formula is C22H22F2N2O4. The molecule has 2 heterocycles. The number of nitrogens with zero attached hydrogens (tertiary/aromatic N) is 2. The van der Waals surface area contributed by atoms with Crippen LogP contribution >= 0.6 is 0 Å². The van der Waals surface area contributed by atoms with Crippen LogP contribution in [-0.4, -0.2) is 35.6 Å². The van der Waals surface area contributed by atoms with Gasteiger partial charge in [0.25, 0.3) is 0 Å². The van der Waals surface area contributed by atoms with Gasteiger partial charge in [-0.1, -0.05) is 6.07 Å². The lowest BCUT2D eigenvalue weighted by Crippen LogP contribution is -2.06. The first-order valence-electron chi connectivity index (χ1n) is 9.55.